The second kappa shape index (κ2) is 6.51. The van der Waals surface area contributed by atoms with Crippen LogP contribution in [0, 0.1) is 5.82 Å². The van der Waals surface area contributed by atoms with Crippen LogP contribution in [0.5, 0.6) is 0 Å². The summed E-state index contributed by atoms with van der Waals surface area (Å²) in [4.78, 5) is 0. The Morgan fingerprint density at radius 2 is 1.89 bits per heavy atom. The monoisotopic (exact) mass is 341 g/mol. The molecular weight excluding hydrogens is 329 g/mol. The molecule has 2 aromatic carbocycles. The molecule has 1 atom stereocenters. The van der Waals surface area contributed by atoms with E-state index in [4.69, 9.17) is 11.6 Å². The highest BCUT2D eigenvalue weighted by Gasteiger charge is 2.07. The second-order valence-corrected chi connectivity index (χ2v) is 5.71. The third-order valence-electron chi connectivity index (χ3n) is 2.98. The number of halogens is 3. The average Bonchev–Trinajstić information content (AvgIpc) is 2.38. The summed E-state index contributed by atoms with van der Waals surface area (Å²) in [6, 6.07) is 12.8. The van der Waals surface area contributed by atoms with E-state index >= 15 is 0 Å². The average molecular weight is 343 g/mol. The zero-order valence-electron chi connectivity index (χ0n) is 10.5. The van der Waals surface area contributed by atoms with E-state index in [-0.39, 0.29) is 11.9 Å². The van der Waals surface area contributed by atoms with Crippen LogP contribution < -0.4 is 5.32 Å². The SMILES string of the molecule is C[C@@H](NCc1ccc(F)cc1Cl)c1ccc(Br)cc1. The lowest BCUT2D eigenvalue weighted by Gasteiger charge is -2.15. The highest BCUT2D eigenvalue weighted by molar-refractivity contribution is 9.10. The largest absolute Gasteiger partial charge is 0.306 e. The van der Waals surface area contributed by atoms with Crippen molar-refractivity contribution >= 4 is 27.5 Å². The first-order chi connectivity index (χ1) is 9.06. The van der Waals surface area contributed by atoms with E-state index in [1.807, 2.05) is 12.1 Å². The van der Waals surface area contributed by atoms with Crippen LogP contribution in [0.1, 0.15) is 24.1 Å². The van der Waals surface area contributed by atoms with Crippen LogP contribution in [0.3, 0.4) is 0 Å². The first-order valence-corrected chi connectivity index (χ1v) is 7.16. The minimum absolute atomic E-state index is 0.203. The number of benzene rings is 2. The Morgan fingerprint density at radius 1 is 1.21 bits per heavy atom. The lowest BCUT2D eigenvalue weighted by molar-refractivity contribution is 0.573. The van der Waals surface area contributed by atoms with Crippen LogP contribution in [0.4, 0.5) is 4.39 Å². The maximum Gasteiger partial charge on any atom is 0.124 e. The van der Waals surface area contributed by atoms with Crippen molar-refractivity contribution in [1.29, 1.82) is 0 Å². The third-order valence-corrected chi connectivity index (χ3v) is 3.86. The fourth-order valence-electron chi connectivity index (χ4n) is 1.80. The van der Waals surface area contributed by atoms with Crippen molar-refractivity contribution in [2.45, 2.75) is 19.5 Å². The molecule has 0 aliphatic carbocycles. The fraction of sp³-hybridized carbons (Fsp3) is 0.200. The van der Waals surface area contributed by atoms with E-state index < -0.39 is 0 Å². The second-order valence-electron chi connectivity index (χ2n) is 4.39. The summed E-state index contributed by atoms with van der Waals surface area (Å²) in [6.45, 7) is 2.69. The summed E-state index contributed by atoms with van der Waals surface area (Å²) in [5.41, 5.74) is 2.09. The lowest BCUT2D eigenvalue weighted by Crippen LogP contribution is -2.18. The molecule has 0 bridgehead atoms. The molecule has 0 aliphatic rings. The van der Waals surface area contributed by atoms with Crippen LogP contribution in [0.15, 0.2) is 46.9 Å². The molecule has 0 saturated carbocycles. The maximum atomic E-state index is 12.9. The number of rotatable bonds is 4. The van der Waals surface area contributed by atoms with Gasteiger partial charge in [-0.1, -0.05) is 45.7 Å². The van der Waals surface area contributed by atoms with Gasteiger partial charge in [-0.3, -0.25) is 0 Å². The van der Waals surface area contributed by atoms with E-state index in [1.54, 1.807) is 6.07 Å². The van der Waals surface area contributed by atoms with E-state index in [2.05, 4.69) is 40.3 Å². The topological polar surface area (TPSA) is 12.0 Å². The quantitative estimate of drug-likeness (QED) is 0.816. The van der Waals surface area contributed by atoms with Crippen molar-refractivity contribution in [3.05, 3.63) is 68.9 Å². The van der Waals surface area contributed by atoms with Crippen LogP contribution in [0.25, 0.3) is 0 Å². The Kier molecular flexibility index (Phi) is 4.97. The highest BCUT2D eigenvalue weighted by atomic mass is 79.9. The van der Waals surface area contributed by atoms with Crippen molar-refractivity contribution in [3.8, 4) is 0 Å². The van der Waals surface area contributed by atoms with Crippen molar-refractivity contribution in [3.63, 3.8) is 0 Å². The summed E-state index contributed by atoms with van der Waals surface area (Å²) < 4.78 is 14.0. The molecule has 1 N–H and O–H groups in total. The van der Waals surface area contributed by atoms with Gasteiger partial charge in [-0.05, 0) is 42.3 Å². The molecular formula is C15H14BrClFN. The molecule has 4 heteroatoms. The van der Waals surface area contributed by atoms with Gasteiger partial charge in [-0.25, -0.2) is 4.39 Å². The van der Waals surface area contributed by atoms with Crippen LogP contribution >= 0.6 is 27.5 Å². The molecule has 100 valence electrons. The fourth-order valence-corrected chi connectivity index (χ4v) is 2.30. The molecule has 0 spiro atoms. The molecule has 2 rings (SSSR count). The third kappa shape index (κ3) is 4.03. The lowest BCUT2D eigenvalue weighted by atomic mass is 10.1. The van der Waals surface area contributed by atoms with Gasteiger partial charge in [-0.15, -0.1) is 0 Å². The molecule has 0 saturated heterocycles. The van der Waals surface area contributed by atoms with Gasteiger partial charge in [0.1, 0.15) is 5.82 Å². The maximum absolute atomic E-state index is 12.9. The predicted octanol–water partition coefficient (Wildman–Crippen LogP) is 5.09. The van der Waals surface area contributed by atoms with Crippen LogP contribution in [-0.4, -0.2) is 0 Å². The normalized spacial score (nSPS) is 12.4. The molecule has 0 unspecified atom stereocenters. The van der Waals surface area contributed by atoms with E-state index in [1.165, 1.54) is 17.7 Å². The zero-order chi connectivity index (χ0) is 13.8. The van der Waals surface area contributed by atoms with Crippen molar-refractivity contribution in [1.82, 2.24) is 5.32 Å². The zero-order valence-corrected chi connectivity index (χ0v) is 12.8. The van der Waals surface area contributed by atoms with Gasteiger partial charge in [-0.2, -0.15) is 0 Å². The van der Waals surface area contributed by atoms with E-state index in [9.17, 15) is 4.39 Å². The Hall–Kier alpha value is -0.900. The van der Waals surface area contributed by atoms with Gasteiger partial charge >= 0.3 is 0 Å². The molecule has 0 fully saturated rings. The molecule has 2 aromatic rings. The number of nitrogens with one attached hydrogen (secondary N) is 1. The molecule has 0 aromatic heterocycles. The predicted molar refractivity (Wildman–Crippen MR) is 80.8 cm³/mol. The molecule has 0 amide bonds. The Labute approximate surface area is 125 Å². The number of hydrogen-bond donors (Lipinski definition) is 1. The molecule has 0 radical (unpaired) electrons. The van der Waals surface area contributed by atoms with Gasteiger partial charge < -0.3 is 5.32 Å². The minimum Gasteiger partial charge on any atom is -0.306 e. The molecule has 1 nitrogen and oxygen atoms in total. The summed E-state index contributed by atoms with van der Waals surface area (Å²) in [5.74, 6) is -0.310. The smallest absolute Gasteiger partial charge is 0.124 e. The van der Waals surface area contributed by atoms with Gasteiger partial charge in [0.25, 0.3) is 0 Å². The van der Waals surface area contributed by atoms with E-state index in [0.717, 1.165) is 10.0 Å². The van der Waals surface area contributed by atoms with Gasteiger partial charge in [0.15, 0.2) is 0 Å². The minimum atomic E-state index is -0.310. The van der Waals surface area contributed by atoms with Crippen molar-refractivity contribution in [2.75, 3.05) is 0 Å². The summed E-state index contributed by atoms with van der Waals surface area (Å²) in [5, 5.41) is 3.83. The Balaban J connectivity index is 2.00. The van der Waals surface area contributed by atoms with E-state index in [0.29, 0.717) is 11.6 Å². The molecule has 0 aliphatic heterocycles. The molecule has 19 heavy (non-hydrogen) atoms. The Bertz CT molecular complexity index is 557. The summed E-state index contributed by atoms with van der Waals surface area (Å²) in [6.07, 6.45) is 0. The molecule has 0 heterocycles. The standard InChI is InChI=1S/C15H14BrClFN/c1-10(11-2-5-13(16)6-3-11)19-9-12-4-7-14(18)8-15(12)17/h2-8,10,19H,9H2,1H3/t10-/m1/s1. The first kappa shape index (κ1) is 14.5. The first-order valence-electron chi connectivity index (χ1n) is 5.99. The van der Waals surface area contributed by atoms with Crippen molar-refractivity contribution in [2.24, 2.45) is 0 Å². The van der Waals surface area contributed by atoms with Crippen LogP contribution in [-0.2, 0) is 6.54 Å². The van der Waals surface area contributed by atoms with Gasteiger partial charge in [0.05, 0.1) is 0 Å². The van der Waals surface area contributed by atoms with Gasteiger partial charge in [0, 0.05) is 22.1 Å². The van der Waals surface area contributed by atoms with Crippen molar-refractivity contribution < 1.29 is 4.39 Å². The number of hydrogen-bond acceptors (Lipinski definition) is 1. The Morgan fingerprint density at radius 3 is 2.53 bits per heavy atom. The van der Waals surface area contributed by atoms with Gasteiger partial charge in [0.2, 0.25) is 0 Å². The highest BCUT2D eigenvalue weighted by Crippen LogP contribution is 2.20. The summed E-state index contributed by atoms with van der Waals surface area (Å²) >= 11 is 9.41. The van der Waals surface area contributed by atoms with Crippen LogP contribution in [0.2, 0.25) is 5.02 Å². The summed E-state index contributed by atoms with van der Waals surface area (Å²) in [7, 11) is 0.